The number of nitrogens with one attached hydrogen (secondary N) is 2. The molecule has 1 amide bonds. The largest absolute Gasteiger partial charge is 0.462 e. The Labute approximate surface area is 136 Å². The molecule has 0 bridgehead atoms. The van der Waals surface area contributed by atoms with Crippen molar-refractivity contribution in [1.29, 1.82) is 0 Å². The molecule has 124 valence electrons. The molecule has 1 saturated carbocycles. The zero-order valence-corrected chi connectivity index (χ0v) is 13.5. The predicted octanol–water partition coefficient (Wildman–Crippen LogP) is 2.72. The molecule has 2 N–H and O–H groups in total. The first-order valence-electron chi connectivity index (χ1n) is 8.51. The fraction of sp³-hybridized carbons (Fsp3) is 0.556. The Morgan fingerprint density at radius 1 is 1.30 bits per heavy atom. The molecule has 1 aromatic rings. The van der Waals surface area contributed by atoms with E-state index in [1.165, 1.54) is 25.7 Å². The topological polar surface area (TPSA) is 67.4 Å². The number of carbonyl (C=O) groups is 2. The minimum Gasteiger partial charge on any atom is -0.462 e. The maximum absolute atomic E-state index is 12.5. The van der Waals surface area contributed by atoms with Crippen molar-refractivity contribution in [2.75, 3.05) is 11.9 Å². The van der Waals surface area contributed by atoms with Crippen molar-refractivity contribution in [2.45, 2.75) is 51.1 Å². The summed E-state index contributed by atoms with van der Waals surface area (Å²) in [6.45, 7) is 2.11. The maximum atomic E-state index is 12.5. The van der Waals surface area contributed by atoms with Crippen LogP contribution in [-0.2, 0) is 9.53 Å². The molecule has 3 unspecified atom stereocenters. The molecule has 1 aromatic carbocycles. The van der Waals surface area contributed by atoms with Gasteiger partial charge in [0.25, 0.3) is 0 Å². The number of benzene rings is 1. The van der Waals surface area contributed by atoms with E-state index in [-0.39, 0.29) is 17.9 Å². The summed E-state index contributed by atoms with van der Waals surface area (Å²) in [5.74, 6) is 0.249. The minimum absolute atomic E-state index is 0.0135. The first-order chi connectivity index (χ1) is 11.2. The molecule has 0 spiro atoms. The van der Waals surface area contributed by atoms with Crippen LogP contribution in [0.4, 0.5) is 5.69 Å². The van der Waals surface area contributed by atoms with Crippen molar-refractivity contribution >= 4 is 17.6 Å². The van der Waals surface area contributed by atoms with E-state index in [0.29, 0.717) is 29.8 Å². The van der Waals surface area contributed by atoms with Crippen LogP contribution in [0.25, 0.3) is 0 Å². The summed E-state index contributed by atoms with van der Waals surface area (Å²) in [5, 5.41) is 6.39. The van der Waals surface area contributed by atoms with Crippen LogP contribution >= 0.6 is 0 Å². The third-order valence-corrected chi connectivity index (χ3v) is 4.82. The number of amides is 1. The molecular weight excluding hydrogens is 292 g/mol. The highest BCUT2D eigenvalue weighted by molar-refractivity contribution is 5.97. The fourth-order valence-corrected chi connectivity index (χ4v) is 3.69. The normalized spacial score (nSPS) is 26.4. The zero-order chi connectivity index (χ0) is 16.2. The molecular formula is C18H24N2O3. The van der Waals surface area contributed by atoms with Gasteiger partial charge in [-0.15, -0.1) is 0 Å². The van der Waals surface area contributed by atoms with Crippen molar-refractivity contribution < 1.29 is 14.3 Å². The monoisotopic (exact) mass is 316 g/mol. The van der Waals surface area contributed by atoms with E-state index in [9.17, 15) is 9.59 Å². The third-order valence-electron chi connectivity index (χ3n) is 4.82. The van der Waals surface area contributed by atoms with Crippen LogP contribution in [-0.4, -0.2) is 30.6 Å². The van der Waals surface area contributed by atoms with Crippen LogP contribution in [0, 0.1) is 5.92 Å². The lowest BCUT2D eigenvalue weighted by atomic mass is 9.85. The standard InChI is InChI=1S/C18H24N2O3/c1-2-23-18(22)13-7-5-8-14(10-13)19-17(21)16-11-12-6-3-4-9-15(12)20-16/h5,7-8,10,12,15-16,20H,2-4,6,9,11H2,1H3,(H,19,21). The molecule has 2 fully saturated rings. The number of carbonyl (C=O) groups excluding carboxylic acids is 2. The van der Waals surface area contributed by atoms with Crippen molar-refractivity contribution in [1.82, 2.24) is 5.32 Å². The molecule has 3 atom stereocenters. The first kappa shape index (κ1) is 16.0. The van der Waals surface area contributed by atoms with Crippen molar-refractivity contribution in [3.8, 4) is 0 Å². The summed E-state index contributed by atoms with van der Waals surface area (Å²) in [6, 6.07) is 7.26. The second kappa shape index (κ2) is 7.13. The summed E-state index contributed by atoms with van der Waals surface area (Å²) in [7, 11) is 0. The van der Waals surface area contributed by atoms with Crippen molar-refractivity contribution in [2.24, 2.45) is 5.92 Å². The second-order valence-corrected chi connectivity index (χ2v) is 6.40. The van der Waals surface area contributed by atoms with Gasteiger partial charge < -0.3 is 15.4 Å². The Hall–Kier alpha value is -1.88. The lowest BCUT2D eigenvalue weighted by Gasteiger charge is -2.24. The van der Waals surface area contributed by atoms with Crippen LogP contribution in [0.5, 0.6) is 0 Å². The Morgan fingerprint density at radius 3 is 2.91 bits per heavy atom. The molecule has 1 heterocycles. The Morgan fingerprint density at radius 2 is 2.13 bits per heavy atom. The zero-order valence-electron chi connectivity index (χ0n) is 13.5. The SMILES string of the molecule is CCOC(=O)c1cccc(NC(=O)C2CC3CCCCC3N2)c1. The number of esters is 1. The quantitative estimate of drug-likeness (QED) is 0.838. The molecule has 5 heteroatoms. The van der Waals surface area contributed by atoms with Crippen LogP contribution < -0.4 is 10.6 Å². The van der Waals surface area contributed by atoms with Crippen LogP contribution in [0.15, 0.2) is 24.3 Å². The lowest BCUT2D eigenvalue weighted by Crippen LogP contribution is -2.39. The fourth-order valence-electron chi connectivity index (χ4n) is 3.69. The second-order valence-electron chi connectivity index (χ2n) is 6.40. The Bertz CT molecular complexity index is 573. The van der Waals surface area contributed by atoms with Gasteiger partial charge in [0.2, 0.25) is 5.91 Å². The third kappa shape index (κ3) is 3.72. The highest BCUT2D eigenvalue weighted by Gasteiger charge is 2.38. The molecule has 3 rings (SSSR count). The van der Waals surface area contributed by atoms with E-state index in [2.05, 4.69) is 10.6 Å². The average molecular weight is 316 g/mol. The highest BCUT2D eigenvalue weighted by Crippen LogP contribution is 2.33. The van der Waals surface area contributed by atoms with Gasteiger partial charge in [0.05, 0.1) is 18.2 Å². The van der Waals surface area contributed by atoms with E-state index >= 15 is 0 Å². The van der Waals surface area contributed by atoms with Crippen molar-refractivity contribution in [3.05, 3.63) is 29.8 Å². The highest BCUT2D eigenvalue weighted by atomic mass is 16.5. The van der Waals surface area contributed by atoms with Gasteiger partial charge in [-0.2, -0.15) is 0 Å². The smallest absolute Gasteiger partial charge is 0.338 e. The van der Waals surface area contributed by atoms with Gasteiger partial charge >= 0.3 is 5.97 Å². The number of hydrogen-bond acceptors (Lipinski definition) is 4. The summed E-state index contributed by atoms with van der Waals surface area (Å²) in [4.78, 5) is 24.2. The van der Waals surface area contributed by atoms with Gasteiger partial charge in [0.15, 0.2) is 0 Å². The Balaban J connectivity index is 1.62. The van der Waals surface area contributed by atoms with Gasteiger partial charge in [-0.3, -0.25) is 4.79 Å². The molecule has 23 heavy (non-hydrogen) atoms. The number of anilines is 1. The molecule has 2 aliphatic rings. The lowest BCUT2D eigenvalue weighted by molar-refractivity contribution is -0.117. The van der Waals surface area contributed by atoms with Gasteiger partial charge in [-0.25, -0.2) is 4.79 Å². The van der Waals surface area contributed by atoms with E-state index in [0.717, 1.165) is 6.42 Å². The molecule has 1 saturated heterocycles. The average Bonchev–Trinajstić information content (AvgIpc) is 2.99. The first-order valence-corrected chi connectivity index (χ1v) is 8.51. The molecule has 1 aliphatic carbocycles. The predicted molar refractivity (Wildman–Crippen MR) is 88.3 cm³/mol. The number of rotatable bonds is 4. The van der Waals surface area contributed by atoms with Gasteiger partial charge in [-0.05, 0) is 50.3 Å². The number of ether oxygens (including phenoxy) is 1. The van der Waals surface area contributed by atoms with Crippen LogP contribution in [0.3, 0.4) is 0 Å². The maximum Gasteiger partial charge on any atom is 0.338 e. The van der Waals surface area contributed by atoms with Gasteiger partial charge in [-0.1, -0.05) is 18.9 Å². The number of fused-ring (bicyclic) bond motifs is 1. The van der Waals surface area contributed by atoms with E-state index in [1.807, 2.05) is 0 Å². The summed E-state index contributed by atoms with van der Waals surface area (Å²) in [6.07, 6.45) is 5.84. The number of hydrogen-bond donors (Lipinski definition) is 2. The molecule has 5 nitrogen and oxygen atoms in total. The van der Waals surface area contributed by atoms with Crippen LogP contribution in [0.1, 0.15) is 49.4 Å². The van der Waals surface area contributed by atoms with Gasteiger partial charge in [0.1, 0.15) is 0 Å². The summed E-state index contributed by atoms with van der Waals surface area (Å²) < 4.78 is 4.99. The summed E-state index contributed by atoms with van der Waals surface area (Å²) >= 11 is 0. The van der Waals surface area contributed by atoms with Crippen LogP contribution in [0.2, 0.25) is 0 Å². The molecule has 1 aliphatic heterocycles. The van der Waals surface area contributed by atoms with E-state index in [1.54, 1.807) is 31.2 Å². The minimum atomic E-state index is -0.367. The summed E-state index contributed by atoms with van der Waals surface area (Å²) in [5.41, 5.74) is 1.09. The van der Waals surface area contributed by atoms with Gasteiger partial charge in [0, 0.05) is 11.7 Å². The van der Waals surface area contributed by atoms with E-state index < -0.39 is 0 Å². The van der Waals surface area contributed by atoms with Crippen molar-refractivity contribution in [3.63, 3.8) is 0 Å². The molecule has 0 radical (unpaired) electrons. The van der Waals surface area contributed by atoms with E-state index in [4.69, 9.17) is 4.74 Å². The Kier molecular flexibility index (Phi) is 4.96. The molecule has 0 aromatic heterocycles.